The van der Waals surface area contributed by atoms with Crippen molar-refractivity contribution in [3.8, 4) is 0 Å². The van der Waals surface area contributed by atoms with Gasteiger partial charge in [0.25, 0.3) is 0 Å². The lowest BCUT2D eigenvalue weighted by molar-refractivity contribution is 0.127. The Labute approximate surface area is 96.8 Å². The molecule has 5 nitrogen and oxygen atoms in total. The van der Waals surface area contributed by atoms with Crippen molar-refractivity contribution in [3.05, 3.63) is 16.4 Å². The molecule has 0 bridgehead atoms. The molecule has 0 saturated heterocycles. The molecule has 0 fully saturated rings. The highest BCUT2D eigenvalue weighted by Crippen LogP contribution is 2.17. The first-order valence-electron chi connectivity index (χ1n) is 4.59. The van der Waals surface area contributed by atoms with Gasteiger partial charge in [-0.2, -0.15) is 5.10 Å². The SMILES string of the molecule is CC(C)N(Cc1nn(C)cc1Br)C(=O)O. The van der Waals surface area contributed by atoms with E-state index in [4.69, 9.17) is 5.11 Å². The van der Waals surface area contributed by atoms with Gasteiger partial charge in [0.1, 0.15) is 0 Å². The Hall–Kier alpha value is -1.04. The first kappa shape index (κ1) is 12.0. The molecule has 15 heavy (non-hydrogen) atoms. The summed E-state index contributed by atoms with van der Waals surface area (Å²) in [5, 5.41) is 13.2. The van der Waals surface area contributed by atoms with E-state index in [0.29, 0.717) is 6.54 Å². The number of hydrogen-bond acceptors (Lipinski definition) is 2. The maximum absolute atomic E-state index is 10.9. The van der Waals surface area contributed by atoms with Crippen molar-refractivity contribution in [2.45, 2.75) is 26.4 Å². The highest BCUT2D eigenvalue weighted by atomic mass is 79.9. The van der Waals surface area contributed by atoms with Crippen molar-refractivity contribution in [2.24, 2.45) is 7.05 Å². The molecule has 0 radical (unpaired) electrons. The second-order valence-electron chi connectivity index (χ2n) is 3.60. The third-order valence-electron chi connectivity index (χ3n) is 2.04. The fourth-order valence-electron chi connectivity index (χ4n) is 1.25. The fourth-order valence-corrected chi connectivity index (χ4v) is 1.75. The van der Waals surface area contributed by atoms with Crippen LogP contribution in [0.3, 0.4) is 0 Å². The predicted octanol–water partition coefficient (Wildman–Crippen LogP) is 2.07. The Balaban J connectivity index is 2.83. The summed E-state index contributed by atoms with van der Waals surface area (Å²) in [6.45, 7) is 3.98. The third kappa shape index (κ3) is 2.95. The number of halogens is 1. The molecule has 0 aromatic carbocycles. The summed E-state index contributed by atoms with van der Waals surface area (Å²) in [5.41, 5.74) is 0.730. The molecule has 0 saturated carbocycles. The molecule has 1 aromatic rings. The molecule has 0 aliphatic heterocycles. The van der Waals surface area contributed by atoms with Gasteiger partial charge in [0.2, 0.25) is 0 Å². The summed E-state index contributed by atoms with van der Waals surface area (Å²) < 4.78 is 2.48. The van der Waals surface area contributed by atoms with E-state index in [1.54, 1.807) is 17.9 Å². The Kier molecular flexibility index (Phi) is 3.73. The lowest BCUT2D eigenvalue weighted by Gasteiger charge is -2.22. The quantitative estimate of drug-likeness (QED) is 0.919. The zero-order chi connectivity index (χ0) is 11.6. The van der Waals surface area contributed by atoms with Gasteiger partial charge in [0.05, 0.1) is 16.7 Å². The van der Waals surface area contributed by atoms with E-state index in [-0.39, 0.29) is 6.04 Å². The van der Waals surface area contributed by atoms with Gasteiger partial charge in [0.15, 0.2) is 0 Å². The van der Waals surface area contributed by atoms with Crippen LogP contribution in [-0.2, 0) is 13.6 Å². The summed E-state index contributed by atoms with van der Waals surface area (Å²) in [6, 6.07) is -0.0589. The van der Waals surface area contributed by atoms with E-state index in [1.807, 2.05) is 13.8 Å². The Bertz CT molecular complexity index is 362. The van der Waals surface area contributed by atoms with Gasteiger partial charge in [-0.1, -0.05) is 0 Å². The van der Waals surface area contributed by atoms with E-state index in [9.17, 15) is 4.79 Å². The maximum Gasteiger partial charge on any atom is 0.407 e. The van der Waals surface area contributed by atoms with Crippen LogP contribution in [0.15, 0.2) is 10.7 Å². The van der Waals surface area contributed by atoms with Crippen LogP contribution < -0.4 is 0 Å². The number of aryl methyl sites for hydroxylation is 1. The molecule has 0 atom stereocenters. The van der Waals surface area contributed by atoms with Crippen molar-refractivity contribution < 1.29 is 9.90 Å². The Morgan fingerprint density at radius 2 is 2.33 bits per heavy atom. The predicted molar refractivity (Wildman–Crippen MR) is 59.6 cm³/mol. The zero-order valence-corrected chi connectivity index (χ0v) is 10.5. The monoisotopic (exact) mass is 275 g/mol. The molecule has 1 amide bonds. The van der Waals surface area contributed by atoms with Crippen molar-refractivity contribution in [3.63, 3.8) is 0 Å². The molecular weight excluding hydrogens is 262 g/mol. The molecule has 1 aromatic heterocycles. The highest BCUT2D eigenvalue weighted by molar-refractivity contribution is 9.10. The number of hydrogen-bond donors (Lipinski definition) is 1. The molecule has 0 spiro atoms. The van der Waals surface area contributed by atoms with Crippen molar-refractivity contribution in [2.75, 3.05) is 0 Å². The van der Waals surface area contributed by atoms with Crippen LogP contribution in [0.1, 0.15) is 19.5 Å². The highest BCUT2D eigenvalue weighted by Gasteiger charge is 2.18. The number of aromatic nitrogens is 2. The number of amides is 1. The molecule has 0 aliphatic carbocycles. The van der Waals surface area contributed by atoms with Crippen LogP contribution in [0.2, 0.25) is 0 Å². The van der Waals surface area contributed by atoms with Crippen LogP contribution in [0.25, 0.3) is 0 Å². The summed E-state index contributed by atoms with van der Waals surface area (Å²) in [4.78, 5) is 12.3. The van der Waals surface area contributed by atoms with E-state index < -0.39 is 6.09 Å². The third-order valence-corrected chi connectivity index (χ3v) is 2.71. The number of carbonyl (C=O) groups is 1. The molecular formula is C9H14BrN3O2. The van der Waals surface area contributed by atoms with Crippen molar-refractivity contribution in [1.29, 1.82) is 0 Å². The van der Waals surface area contributed by atoms with Gasteiger partial charge in [-0.15, -0.1) is 0 Å². The fraction of sp³-hybridized carbons (Fsp3) is 0.556. The first-order valence-corrected chi connectivity index (χ1v) is 5.38. The average molecular weight is 276 g/mol. The molecule has 1 heterocycles. The van der Waals surface area contributed by atoms with E-state index in [0.717, 1.165) is 10.2 Å². The second kappa shape index (κ2) is 4.65. The molecule has 84 valence electrons. The zero-order valence-electron chi connectivity index (χ0n) is 8.94. The van der Waals surface area contributed by atoms with Gasteiger partial charge >= 0.3 is 6.09 Å². The molecule has 0 aliphatic rings. The van der Waals surface area contributed by atoms with Crippen LogP contribution in [0.5, 0.6) is 0 Å². The van der Waals surface area contributed by atoms with Gasteiger partial charge in [-0.25, -0.2) is 4.79 Å². The van der Waals surface area contributed by atoms with Crippen molar-refractivity contribution >= 4 is 22.0 Å². The summed E-state index contributed by atoms with van der Waals surface area (Å²) in [7, 11) is 1.80. The second-order valence-corrected chi connectivity index (χ2v) is 4.46. The lowest BCUT2D eigenvalue weighted by Crippen LogP contribution is -2.35. The van der Waals surface area contributed by atoms with Gasteiger partial charge < -0.3 is 5.11 Å². The molecule has 1 N–H and O–H groups in total. The van der Waals surface area contributed by atoms with Crippen LogP contribution in [0, 0.1) is 0 Å². The van der Waals surface area contributed by atoms with Crippen molar-refractivity contribution in [1.82, 2.24) is 14.7 Å². The summed E-state index contributed by atoms with van der Waals surface area (Å²) in [5.74, 6) is 0. The number of rotatable bonds is 3. The summed E-state index contributed by atoms with van der Waals surface area (Å²) in [6.07, 6.45) is 0.873. The Morgan fingerprint density at radius 3 is 2.67 bits per heavy atom. The normalized spacial score (nSPS) is 10.7. The van der Waals surface area contributed by atoms with Gasteiger partial charge in [0, 0.05) is 19.3 Å². The minimum absolute atomic E-state index is 0.0589. The molecule has 6 heteroatoms. The standard InChI is InChI=1S/C9H14BrN3O2/c1-6(2)13(9(14)15)5-8-7(10)4-12(3)11-8/h4,6H,5H2,1-3H3,(H,14,15). The molecule has 0 unspecified atom stereocenters. The smallest absolute Gasteiger partial charge is 0.407 e. The molecule has 1 rings (SSSR count). The first-order chi connectivity index (χ1) is 6.91. The Morgan fingerprint density at radius 1 is 1.73 bits per heavy atom. The minimum Gasteiger partial charge on any atom is -0.465 e. The lowest BCUT2D eigenvalue weighted by atomic mass is 10.3. The van der Waals surface area contributed by atoms with Crippen LogP contribution in [-0.4, -0.2) is 31.9 Å². The van der Waals surface area contributed by atoms with E-state index >= 15 is 0 Å². The van der Waals surface area contributed by atoms with E-state index in [2.05, 4.69) is 21.0 Å². The topological polar surface area (TPSA) is 58.4 Å². The van der Waals surface area contributed by atoms with Gasteiger partial charge in [-0.3, -0.25) is 9.58 Å². The average Bonchev–Trinajstić information content (AvgIpc) is 2.39. The van der Waals surface area contributed by atoms with Gasteiger partial charge in [-0.05, 0) is 29.8 Å². The number of nitrogens with zero attached hydrogens (tertiary/aromatic N) is 3. The minimum atomic E-state index is -0.928. The van der Waals surface area contributed by atoms with E-state index in [1.165, 1.54) is 4.90 Å². The largest absolute Gasteiger partial charge is 0.465 e. The summed E-state index contributed by atoms with van der Waals surface area (Å²) >= 11 is 3.34. The van der Waals surface area contributed by atoms with Crippen LogP contribution in [0.4, 0.5) is 4.79 Å². The number of carboxylic acid groups (broad SMARTS) is 1. The van der Waals surface area contributed by atoms with Crippen LogP contribution >= 0.6 is 15.9 Å². The maximum atomic E-state index is 10.9.